The summed E-state index contributed by atoms with van der Waals surface area (Å²) in [6, 6.07) is 13.8. The van der Waals surface area contributed by atoms with Crippen LogP contribution in [0.2, 0.25) is 0 Å². The summed E-state index contributed by atoms with van der Waals surface area (Å²) in [5.41, 5.74) is 1.13. The minimum Gasteiger partial charge on any atom is -0.465 e. The van der Waals surface area contributed by atoms with Crippen molar-refractivity contribution in [2.75, 3.05) is 0 Å². The van der Waals surface area contributed by atoms with Crippen molar-refractivity contribution >= 4 is 12.0 Å². The van der Waals surface area contributed by atoms with E-state index < -0.39 is 0 Å². The maximum Gasteiger partial charge on any atom is 0.247 e. The average molecular weight is 269 g/mol. The van der Waals surface area contributed by atoms with Gasteiger partial charge in [-0.1, -0.05) is 30.3 Å². The van der Waals surface area contributed by atoms with Gasteiger partial charge in [0.15, 0.2) is 0 Å². The topological polar surface area (TPSA) is 33.5 Å². The molecular weight excluding hydrogens is 250 g/mol. The summed E-state index contributed by atoms with van der Waals surface area (Å²) in [4.78, 5) is 14.1. The Morgan fingerprint density at radius 1 is 1.20 bits per heavy atom. The monoisotopic (exact) mass is 269 g/mol. The number of hydrogen-bond donors (Lipinski definition) is 0. The van der Waals surface area contributed by atoms with E-state index in [1.807, 2.05) is 55.1 Å². The van der Waals surface area contributed by atoms with E-state index in [1.165, 1.54) is 0 Å². The molecule has 0 unspecified atom stereocenters. The molecule has 3 heteroatoms. The van der Waals surface area contributed by atoms with Crippen molar-refractivity contribution in [1.82, 2.24) is 4.90 Å². The zero-order chi connectivity index (χ0) is 14.4. The summed E-state index contributed by atoms with van der Waals surface area (Å²) in [5.74, 6) is 0.669. The molecule has 0 aliphatic heterocycles. The van der Waals surface area contributed by atoms with Gasteiger partial charge in [0.25, 0.3) is 0 Å². The van der Waals surface area contributed by atoms with Gasteiger partial charge in [-0.05, 0) is 37.6 Å². The fraction of sp³-hybridized carbons (Fsp3) is 0.235. The van der Waals surface area contributed by atoms with Crippen LogP contribution in [0.5, 0.6) is 0 Å². The van der Waals surface area contributed by atoms with E-state index in [9.17, 15) is 4.79 Å². The van der Waals surface area contributed by atoms with Crippen LogP contribution in [0.1, 0.15) is 25.2 Å². The van der Waals surface area contributed by atoms with E-state index >= 15 is 0 Å². The van der Waals surface area contributed by atoms with Gasteiger partial charge in [0.2, 0.25) is 5.91 Å². The van der Waals surface area contributed by atoms with Crippen LogP contribution in [0.4, 0.5) is 0 Å². The number of nitrogens with zero attached hydrogens (tertiary/aromatic N) is 1. The molecule has 0 saturated heterocycles. The number of amides is 1. The molecule has 2 rings (SSSR count). The normalized spacial score (nSPS) is 11.2. The zero-order valence-electron chi connectivity index (χ0n) is 11.8. The van der Waals surface area contributed by atoms with Gasteiger partial charge in [-0.2, -0.15) is 0 Å². The fourth-order valence-electron chi connectivity index (χ4n) is 1.93. The third kappa shape index (κ3) is 3.85. The first-order valence-corrected chi connectivity index (χ1v) is 6.73. The molecule has 1 aromatic carbocycles. The van der Waals surface area contributed by atoms with E-state index in [4.69, 9.17) is 4.42 Å². The molecule has 20 heavy (non-hydrogen) atoms. The van der Waals surface area contributed by atoms with Crippen LogP contribution in [-0.4, -0.2) is 16.8 Å². The first kappa shape index (κ1) is 14.1. The van der Waals surface area contributed by atoms with E-state index in [2.05, 4.69) is 0 Å². The molecule has 0 saturated carbocycles. The molecule has 104 valence electrons. The molecule has 1 aromatic heterocycles. The molecule has 0 aliphatic carbocycles. The van der Waals surface area contributed by atoms with Crippen LogP contribution in [0.15, 0.2) is 59.2 Å². The van der Waals surface area contributed by atoms with Crippen LogP contribution in [0, 0.1) is 0 Å². The third-order valence-corrected chi connectivity index (χ3v) is 3.04. The molecule has 1 heterocycles. The molecule has 3 nitrogen and oxygen atoms in total. The summed E-state index contributed by atoms with van der Waals surface area (Å²) in [5, 5.41) is 0. The summed E-state index contributed by atoms with van der Waals surface area (Å²) in [7, 11) is 0. The third-order valence-electron chi connectivity index (χ3n) is 3.04. The van der Waals surface area contributed by atoms with E-state index in [0.717, 1.165) is 5.56 Å². The van der Waals surface area contributed by atoms with Crippen molar-refractivity contribution in [3.63, 3.8) is 0 Å². The Labute approximate surface area is 119 Å². The molecule has 0 bridgehead atoms. The van der Waals surface area contributed by atoms with E-state index in [1.54, 1.807) is 24.5 Å². The zero-order valence-corrected chi connectivity index (χ0v) is 11.8. The van der Waals surface area contributed by atoms with Crippen LogP contribution in [0.25, 0.3) is 6.08 Å². The van der Waals surface area contributed by atoms with Crippen LogP contribution in [0.3, 0.4) is 0 Å². The maximum absolute atomic E-state index is 12.3. The van der Waals surface area contributed by atoms with Gasteiger partial charge in [-0.15, -0.1) is 0 Å². The summed E-state index contributed by atoms with van der Waals surface area (Å²) in [6.07, 6.45) is 4.85. The van der Waals surface area contributed by atoms with Crippen molar-refractivity contribution in [2.45, 2.75) is 26.4 Å². The predicted molar refractivity (Wildman–Crippen MR) is 79.9 cm³/mol. The first-order valence-electron chi connectivity index (χ1n) is 6.73. The highest BCUT2D eigenvalue weighted by Gasteiger charge is 2.14. The second-order valence-electron chi connectivity index (χ2n) is 4.89. The molecule has 0 aliphatic rings. The van der Waals surface area contributed by atoms with Crippen molar-refractivity contribution in [1.29, 1.82) is 0 Å². The molecule has 0 spiro atoms. The van der Waals surface area contributed by atoms with Crippen molar-refractivity contribution < 1.29 is 9.21 Å². The smallest absolute Gasteiger partial charge is 0.247 e. The number of carbonyl (C=O) groups is 1. The number of benzene rings is 1. The predicted octanol–water partition coefficient (Wildman–Crippen LogP) is 3.73. The Bertz CT molecular complexity index is 556. The lowest BCUT2D eigenvalue weighted by atomic mass is 10.2. The minimum absolute atomic E-state index is 0.0137. The number of furan rings is 1. The Hall–Kier alpha value is -2.29. The van der Waals surface area contributed by atoms with Gasteiger partial charge in [0.05, 0.1) is 6.26 Å². The van der Waals surface area contributed by atoms with Gasteiger partial charge in [0, 0.05) is 18.7 Å². The van der Waals surface area contributed by atoms with Crippen molar-refractivity contribution in [3.8, 4) is 0 Å². The van der Waals surface area contributed by atoms with Crippen molar-refractivity contribution in [3.05, 3.63) is 66.1 Å². The SMILES string of the molecule is CC(C)N(Cc1ccccc1)C(=O)/C=C/c1ccco1. The molecule has 2 aromatic rings. The number of rotatable bonds is 5. The minimum atomic E-state index is -0.0137. The highest BCUT2D eigenvalue weighted by Crippen LogP contribution is 2.10. The molecule has 1 amide bonds. The standard InChI is InChI=1S/C17H19NO2/c1-14(2)18(13-15-7-4-3-5-8-15)17(19)11-10-16-9-6-12-20-16/h3-12,14H,13H2,1-2H3/b11-10+. The number of carbonyl (C=O) groups excluding carboxylic acids is 1. The molecule has 0 fully saturated rings. The lowest BCUT2D eigenvalue weighted by Crippen LogP contribution is -2.35. The lowest BCUT2D eigenvalue weighted by molar-refractivity contribution is -0.128. The molecule has 0 atom stereocenters. The lowest BCUT2D eigenvalue weighted by Gasteiger charge is -2.25. The molecule has 0 N–H and O–H groups in total. The quantitative estimate of drug-likeness (QED) is 0.775. The van der Waals surface area contributed by atoms with Gasteiger partial charge in [-0.25, -0.2) is 0 Å². The average Bonchev–Trinajstić information content (AvgIpc) is 2.96. The second kappa shape index (κ2) is 6.75. The first-order chi connectivity index (χ1) is 9.66. The molecular formula is C17H19NO2. The van der Waals surface area contributed by atoms with Crippen LogP contribution >= 0.6 is 0 Å². The highest BCUT2D eigenvalue weighted by atomic mass is 16.3. The van der Waals surface area contributed by atoms with Gasteiger partial charge < -0.3 is 9.32 Å². The summed E-state index contributed by atoms with van der Waals surface area (Å²) >= 11 is 0. The highest BCUT2D eigenvalue weighted by molar-refractivity contribution is 5.91. The summed E-state index contributed by atoms with van der Waals surface area (Å²) < 4.78 is 5.18. The van der Waals surface area contributed by atoms with Gasteiger partial charge >= 0.3 is 0 Å². The van der Waals surface area contributed by atoms with Crippen LogP contribution < -0.4 is 0 Å². The fourth-order valence-corrected chi connectivity index (χ4v) is 1.93. The summed E-state index contributed by atoms with van der Waals surface area (Å²) in [6.45, 7) is 4.64. The Balaban J connectivity index is 2.06. The number of hydrogen-bond acceptors (Lipinski definition) is 2. The van der Waals surface area contributed by atoms with Gasteiger partial charge in [-0.3, -0.25) is 4.79 Å². The maximum atomic E-state index is 12.3. The van der Waals surface area contributed by atoms with E-state index in [0.29, 0.717) is 12.3 Å². The Kier molecular flexibility index (Phi) is 4.77. The molecule has 0 radical (unpaired) electrons. The van der Waals surface area contributed by atoms with Crippen LogP contribution in [-0.2, 0) is 11.3 Å². The van der Waals surface area contributed by atoms with Gasteiger partial charge in [0.1, 0.15) is 5.76 Å². The Morgan fingerprint density at radius 2 is 1.95 bits per heavy atom. The second-order valence-corrected chi connectivity index (χ2v) is 4.89. The Morgan fingerprint density at radius 3 is 2.55 bits per heavy atom. The van der Waals surface area contributed by atoms with E-state index in [-0.39, 0.29) is 11.9 Å². The van der Waals surface area contributed by atoms with Crippen molar-refractivity contribution in [2.24, 2.45) is 0 Å². The largest absolute Gasteiger partial charge is 0.465 e.